The second-order valence-corrected chi connectivity index (χ2v) is 38.5. The third-order valence-electron chi connectivity index (χ3n) is 24.3. The van der Waals surface area contributed by atoms with Gasteiger partial charge in [0.2, 0.25) is 0 Å². The van der Waals surface area contributed by atoms with Crippen molar-refractivity contribution in [3.63, 3.8) is 0 Å². The SMILES string of the molecule is CC(C)(CC(C)(CC(C)(CC(C)(CC(C)(CC(C)(CC(C)(CC(C)(CC(C)(CC(C)(C)C(=O)OCc1ccccc1)C(=O)OCc1ccccc1)C(=O)OCc1ccccc1)C(=O)OCc1ccccc1)C(=O)OCc1ccccc1)C(=O)OCc1ccccc1)C(=O)OCc1ccccc1)C(=O)OCc1ccccc1)C(=O)OCc1ccccc1)C(=O)OCc1ccccc1. The molecule has 0 aliphatic carbocycles. The van der Waals surface area contributed by atoms with Gasteiger partial charge < -0.3 is 47.4 Å². The van der Waals surface area contributed by atoms with Gasteiger partial charge in [-0.15, -0.1) is 0 Å². The Labute approximate surface area is 770 Å². The molecule has 0 aliphatic rings. The van der Waals surface area contributed by atoms with Gasteiger partial charge in [0.25, 0.3) is 0 Å². The van der Waals surface area contributed by atoms with Crippen molar-refractivity contribution in [1.29, 1.82) is 0 Å². The minimum absolute atomic E-state index is 0.106. The molecule has 8 atom stereocenters. The Morgan fingerprint density at radius 3 is 0.344 bits per heavy atom. The Hall–Kier alpha value is -13.1. The zero-order valence-corrected chi connectivity index (χ0v) is 77.5. The van der Waals surface area contributed by atoms with Gasteiger partial charge in [-0.2, -0.15) is 0 Å². The molecule has 0 aliphatic heterocycles. The van der Waals surface area contributed by atoms with E-state index in [1.165, 1.54) is 27.7 Å². The predicted octanol–water partition coefficient (Wildman–Crippen LogP) is 22.0. The maximum Gasteiger partial charge on any atom is 0.312 e. The number of ether oxygens (including phenoxy) is 10. The van der Waals surface area contributed by atoms with E-state index in [0.717, 1.165) is 0 Å². The van der Waals surface area contributed by atoms with Crippen LogP contribution < -0.4 is 0 Å². The predicted molar refractivity (Wildman–Crippen MR) is 496 cm³/mol. The van der Waals surface area contributed by atoms with Gasteiger partial charge in [0.15, 0.2) is 0 Å². The smallest absolute Gasteiger partial charge is 0.312 e. The Bertz CT molecular complexity index is 5060. The number of rotatable bonds is 48. The van der Waals surface area contributed by atoms with Crippen LogP contribution in [0.5, 0.6) is 0 Å². The van der Waals surface area contributed by atoms with E-state index in [1.54, 1.807) is 286 Å². The first-order valence-electron chi connectivity index (χ1n) is 44.5. The average molecular weight is 1780 g/mol. The summed E-state index contributed by atoms with van der Waals surface area (Å²) in [5, 5.41) is 0. The number of esters is 10. The van der Waals surface area contributed by atoms with Crippen LogP contribution in [0.2, 0.25) is 0 Å². The minimum Gasteiger partial charge on any atom is -0.460 e. The fourth-order valence-electron chi connectivity index (χ4n) is 18.8. The molecule has 688 valence electrons. The fourth-order valence-corrected chi connectivity index (χ4v) is 18.8. The molecule has 0 heterocycles. The highest BCUT2D eigenvalue weighted by Gasteiger charge is 2.61. The lowest BCUT2D eigenvalue weighted by Gasteiger charge is -2.47. The molecule has 0 saturated heterocycles. The van der Waals surface area contributed by atoms with Crippen LogP contribution in [0.4, 0.5) is 0 Å². The first-order chi connectivity index (χ1) is 62.4. The molecule has 20 nitrogen and oxygen atoms in total. The number of hydrogen-bond donors (Lipinski definition) is 0. The monoisotopic (exact) mass is 1780 g/mol. The second-order valence-electron chi connectivity index (χ2n) is 38.5. The summed E-state index contributed by atoms with van der Waals surface area (Å²) in [4.78, 5) is 161. The van der Waals surface area contributed by atoms with Crippen molar-refractivity contribution in [1.82, 2.24) is 0 Å². The zero-order chi connectivity index (χ0) is 94.4. The molecule has 0 aromatic heterocycles. The Kier molecular flexibility index (Phi) is 34.7. The van der Waals surface area contributed by atoms with E-state index in [-0.39, 0.29) is 78.9 Å². The Balaban J connectivity index is 1.17. The summed E-state index contributed by atoms with van der Waals surface area (Å²) < 4.78 is 63.8. The fraction of sp³-hybridized carbons (Fsp3) is 0.369. The summed E-state index contributed by atoms with van der Waals surface area (Å²) in [7, 11) is 0. The third-order valence-corrected chi connectivity index (χ3v) is 24.3. The molecule has 0 fully saturated rings. The molecule has 20 heteroatoms. The summed E-state index contributed by atoms with van der Waals surface area (Å²) in [6.45, 7) is 16.4. The first-order valence-corrected chi connectivity index (χ1v) is 44.5. The van der Waals surface area contributed by atoms with E-state index in [9.17, 15) is 9.59 Å². The number of benzene rings is 10. The van der Waals surface area contributed by atoms with Crippen molar-refractivity contribution in [2.24, 2.45) is 54.1 Å². The summed E-state index contributed by atoms with van der Waals surface area (Å²) in [6, 6.07) is 89.2. The van der Waals surface area contributed by atoms with Crippen molar-refractivity contribution < 1.29 is 95.3 Å². The van der Waals surface area contributed by atoms with Crippen LogP contribution in [0.3, 0.4) is 0 Å². The molecular weight excluding hydrogens is 1650 g/mol. The first kappa shape index (κ1) is 100. The van der Waals surface area contributed by atoms with Crippen molar-refractivity contribution >= 4 is 59.7 Å². The van der Waals surface area contributed by atoms with Crippen molar-refractivity contribution in [2.45, 2.75) is 207 Å². The molecule has 0 spiro atoms. The average Bonchev–Trinajstić information content (AvgIpc) is 0.784. The zero-order valence-electron chi connectivity index (χ0n) is 77.5. The van der Waals surface area contributed by atoms with Crippen molar-refractivity contribution in [3.05, 3.63) is 359 Å². The van der Waals surface area contributed by atoms with Crippen LogP contribution in [-0.4, -0.2) is 59.7 Å². The van der Waals surface area contributed by atoms with E-state index >= 15 is 38.4 Å². The summed E-state index contributed by atoms with van der Waals surface area (Å²) in [5.74, 6) is -8.64. The highest BCUT2D eigenvalue weighted by Crippen LogP contribution is 2.58. The second kappa shape index (κ2) is 45.4. The van der Waals surface area contributed by atoms with Crippen LogP contribution in [0.1, 0.15) is 197 Å². The van der Waals surface area contributed by atoms with Crippen molar-refractivity contribution in [2.75, 3.05) is 0 Å². The summed E-state index contributed by atoms with van der Waals surface area (Å²) >= 11 is 0. The van der Waals surface area contributed by atoms with Crippen molar-refractivity contribution in [3.8, 4) is 0 Å². The molecule has 8 unspecified atom stereocenters. The molecule has 0 bridgehead atoms. The highest BCUT2D eigenvalue weighted by atomic mass is 16.6. The van der Waals surface area contributed by atoms with E-state index < -0.39 is 159 Å². The molecule has 0 N–H and O–H groups in total. The molecule has 0 radical (unpaired) electrons. The maximum atomic E-state index is 16.8. The van der Waals surface area contributed by atoms with E-state index in [4.69, 9.17) is 47.4 Å². The minimum atomic E-state index is -2.19. The van der Waals surface area contributed by atoms with Gasteiger partial charge in [0.1, 0.15) is 66.1 Å². The molecule has 10 aromatic carbocycles. The van der Waals surface area contributed by atoms with Crippen LogP contribution in [-0.2, 0) is 161 Å². The third kappa shape index (κ3) is 28.9. The molecule has 10 rings (SSSR count). The van der Waals surface area contributed by atoms with Crippen LogP contribution in [0.25, 0.3) is 0 Å². The van der Waals surface area contributed by atoms with Gasteiger partial charge in [0, 0.05) is 0 Å². The standard InChI is InChI=1S/C111H124O20/c1-102(2,92(112)122-63-82-43-23-13-24-44-82)73-104(5,94(114)124-65-84-47-27-15-28-48-84)75-106(7,96(116)126-67-86-51-31-17-32-52-86)77-108(9,98(118)128-69-88-55-35-19-36-56-88)79-110(11,100(120)130-71-90-59-39-21-40-60-90)81-111(12,101(121)131-72-91-61-41-22-42-62-91)80-109(10,99(119)129-70-89-57-37-20-38-58-89)78-107(8,97(117)127-68-87-53-33-18-34-54-87)76-105(6,95(115)125-66-85-49-29-16-30-50-85)74-103(3,4)93(113)123-64-83-45-25-14-26-46-83/h13-62H,63-81H2,1-12H3. The number of hydrogen-bond acceptors (Lipinski definition) is 20. The van der Waals surface area contributed by atoms with E-state index in [2.05, 4.69) is 0 Å². The van der Waals surface area contributed by atoms with Gasteiger partial charge in [-0.3, -0.25) is 47.9 Å². The van der Waals surface area contributed by atoms with Crippen LogP contribution in [0, 0.1) is 54.1 Å². The molecule has 0 saturated carbocycles. The van der Waals surface area contributed by atoms with E-state index in [0.29, 0.717) is 55.6 Å². The van der Waals surface area contributed by atoms with Gasteiger partial charge in [-0.05, 0) is 197 Å². The molecular formula is C111H124O20. The lowest BCUT2D eigenvalue weighted by Crippen LogP contribution is -2.51. The molecule has 0 amide bonds. The maximum absolute atomic E-state index is 16.8. The molecule has 10 aromatic rings. The topological polar surface area (TPSA) is 263 Å². The lowest BCUT2D eigenvalue weighted by atomic mass is 9.56. The largest absolute Gasteiger partial charge is 0.460 e. The van der Waals surface area contributed by atoms with Crippen LogP contribution in [0.15, 0.2) is 303 Å². The Morgan fingerprint density at radius 1 is 0.145 bits per heavy atom. The molecule has 131 heavy (non-hydrogen) atoms. The number of carbonyl (C=O) groups is 10. The van der Waals surface area contributed by atoms with Gasteiger partial charge in [-0.25, -0.2) is 0 Å². The summed E-state index contributed by atoms with van der Waals surface area (Å²) in [5.41, 5.74) is -13.4. The van der Waals surface area contributed by atoms with E-state index in [1.807, 2.05) is 72.8 Å². The van der Waals surface area contributed by atoms with Gasteiger partial charge >= 0.3 is 59.7 Å². The normalized spacial score (nSPS) is 15.2. The number of carbonyl (C=O) groups excluding carboxylic acids is 10. The van der Waals surface area contributed by atoms with Gasteiger partial charge in [0.05, 0.1) is 54.1 Å². The lowest BCUT2D eigenvalue weighted by molar-refractivity contribution is -0.178. The highest BCUT2D eigenvalue weighted by molar-refractivity contribution is 5.88. The summed E-state index contributed by atoms with van der Waals surface area (Å²) in [6.07, 6.45) is -4.76. The van der Waals surface area contributed by atoms with Gasteiger partial charge in [-0.1, -0.05) is 303 Å². The van der Waals surface area contributed by atoms with Crippen LogP contribution >= 0.6 is 0 Å². The quantitative estimate of drug-likeness (QED) is 0.0253. The Morgan fingerprint density at radius 2 is 0.237 bits per heavy atom.